The highest BCUT2D eigenvalue weighted by molar-refractivity contribution is 5.78. The van der Waals surface area contributed by atoms with Crippen molar-refractivity contribution in [2.75, 3.05) is 7.11 Å². The van der Waals surface area contributed by atoms with Crippen molar-refractivity contribution in [3.8, 4) is 5.75 Å². The zero-order valence-electron chi connectivity index (χ0n) is 11.3. The number of methoxy groups -OCH3 is 1. The zero-order chi connectivity index (χ0) is 13.1. The van der Waals surface area contributed by atoms with Gasteiger partial charge < -0.3 is 10.1 Å². The molecule has 2 rings (SSSR count). The van der Waals surface area contributed by atoms with Crippen LogP contribution in [0.5, 0.6) is 5.75 Å². The molecule has 3 nitrogen and oxygen atoms in total. The van der Waals surface area contributed by atoms with E-state index < -0.39 is 0 Å². The third-order valence-corrected chi connectivity index (χ3v) is 3.53. The first kappa shape index (κ1) is 12.9. The molecule has 1 unspecified atom stereocenters. The Labute approximate surface area is 109 Å². The van der Waals surface area contributed by atoms with Crippen molar-refractivity contribution < 1.29 is 9.53 Å². The Bertz CT molecular complexity index is 426. The minimum Gasteiger partial charge on any atom is -0.496 e. The van der Waals surface area contributed by atoms with Crippen LogP contribution in [-0.2, 0) is 17.6 Å². The number of hydrogen-bond acceptors (Lipinski definition) is 2. The van der Waals surface area contributed by atoms with Gasteiger partial charge in [-0.25, -0.2) is 0 Å². The van der Waals surface area contributed by atoms with Crippen LogP contribution in [0.4, 0.5) is 0 Å². The second kappa shape index (κ2) is 5.42. The summed E-state index contributed by atoms with van der Waals surface area (Å²) >= 11 is 0. The summed E-state index contributed by atoms with van der Waals surface area (Å²) in [5, 5.41) is 3.12. The van der Waals surface area contributed by atoms with Gasteiger partial charge in [0.25, 0.3) is 0 Å². The molecule has 1 N–H and O–H groups in total. The first-order valence-electron chi connectivity index (χ1n) is 6.57. The molecule has 0 saturated carbocycles. The topological polar surface area (TPSA) is 38.3 Å². The number of benzene rings is 1. The summed E-state index contributed by atoms with van der Waals surface area (Å²) < 4.78 is 5.40. The van der Waals surface area contributed by atoms with Crippen molar-refractivity contribution in [2.24, 2.45) is 5.92 Å². The quantitative estimate of drug-likeness (QED) is 0.890. The molecule has 0 fully saturated rings. The van der Waals surface area contributed by atoms with Crippen LogP contribution in [0.2, 0.25) is 0 Å². The number of fused-ring (bicyclic) bond motifs is 1. The van der Waals surface area contributed by atoms with Crippen molar-refractivity contribution in [3.05, 3.63) is 29.3 Å². The highest BCUT2D eigenvalue weighted by atomic mass is 16.5. The molecule has 0 bridgehead atoms. The van der Waals surface area contributed by atoms with Crippen LogP contribution >= 0.6 is 0 Å². The minimum atomic E-state index is 0.0454. The molecule has 1 aromatic rings. The SMILES string of the molecule is COc1cccc2c1CC(NC(=O)C(C)C)CC2. The maximum absolute atomic E-state index is 11.7. The highest BCUT2D eigenvalue weighted by Crippen LogP contribution is 2.29. The Morgan fingerprint density at radius 3 is 2.89 bits per heavy atom. The normalized spacial score (nSPS) is 18.3. The van der Waals surface area contributed by atoms with E-state index in [1.807, 2.05) is 26.0 Å². The number of aryl methyl sites for hydroxylation is 1. The maximum atomic E-state index is 11.7. The third-order valence-electron chi connectivity index (χ3n) is 3.53. The van der Waals surface area contributed by atoms with Crippen molar-refractivity contribution in [3.63, 3.8) is 0 Å². The molecule has 1 aromatic carbocycles. The lowest BCUT2D eigenvalue weighted by molar-refractivity contribution is -0.124. The third kappa shape index (κ3) is 2.66. The largest absolute Gasteiger partial charge is 0.496 e. The zero-order valence-corrected chi connectivity index (χ0v) is 11.3. The van der Waals surface area contributed by atoms with Gasteiger partial charge in [-0.15, -0.1) is 0 Å². The van der Waals surface area contributed by atoms with E-state index in [2.05, 4.69) is 11.4 Å². The van der Waals surface area contributed by atoms with Gasteiger partial charge in [-0.05, 0) is 36.5 Å². The van der Waals surface area contributed by atoms with E-state index in [0.29, 0.717) is 0 Å². The Kier molecular flexibility index (Phi) is 3.90. The van der Waals surface area contributed by atoms with Gasteiger partial charge in [-0.2, -0.15) is 0 Å². The first-order valence-corrected chi connectivity index (χ1v) is 6.57. The molecule has 1 aliphatic rings. The van der Waals surface area contributed by atoms with E-state index in [1.54, 1.807) is 7.11 Å². The fraction of sp³-hybridized carbons (Fsp3) is 0.533. The van der Waals surface area contributed by atoms with Crippen LogP contribution in [0, 0.1) is 5.92 Å². The summed E-state index contributed by atoms with van der Waals surface area (Å²) in [5.41, 5.74) is 2.60. The highest BCUT2D eigenvalue weighted by Gasteiger charge is 2.23. The molecular weight excluding hydrogens is 226 g/mol. The summed E-state index contributed by atoms with van der Waals surface area (Å²) in [5.74, 6) is 1.12. The smallest absolute Gasteiger partial charge is 0.222 e. The molecule has 1 aliphatic carbocycles. The summed E-state index contributed by atoms with van der Waals surface area (Å²) in [4.78, 5) is 11.7. The lowest BCUT2D eigenvalue weighted by Gasteiger charge is -2.27. The van der Waals surface area contributed by atoms with Crippen LogP contribution in [0.25, 0.3) is 0 Å². The molecule has 0 radical (unpaired) electrons. The molecular formula is C15H21NO2. The van der Waals surface area contributed by atoms with E-state index in [1.165, 1.54) is 11.1 Å². The van der Waals surface area contributed by atoms with Crippen molar-refractivity contribution in [1.29, 1.82) is 0 Å². The second-order valence-electron chi connectivity index (χ2n) is 5.20. The summed E-state index contributed by atoms with van der Waals surface area (Å²) in [7, 11) is 1.70. The molecule has 0 aromatic heterocycles. The van der Waals surface area contributed by atoms with Gasteiger partial charge in [0.2, 0.25) is 5.91 Å². The Hall–Kier alpha value is -1.51. The van der Waals surface area contributed by atoms with Gasteiger partial charge in [0.05, 0.1) is 7.11 Å². The van der Waals surface area contributed by atoms with Crippen molar-refractivity contribution in [1.82, 2.24) is 5.32 Å². The standard InChI is InChI=1S/C15H21NO2/c1-10(2)15(17)16-12-8-7-11-5-4-6-14(18-3)13(11)9-12/h4-6,10,12H,7-9H2,1-3H3,(H,16,17). The maximum Gasteiger partial charge on any atom is 0.222 e. The van der Waals surface area contributed by atoms with Crippen molar-refractivity contribution in [2.45, 2.75) is 39.2 Å². The number of hydrogen-bond donors (Lipinski definition) is 1. The van der Waals surface area contributed by atoms with E-state index >= 15 is 0 Å². The fourth-order valence-electron chi connectivity index (χ4n) is 2.44. The number of nitrogens with one attached hydrogen (secondary N) is 1. The lowest BCUT2D eigenvalue weighted by Crippen LogP contribution is -2.40. The van der Waals surface area contributed by atoms with Crippen LogP contribution in [0.3, 0.4) is 0 Å². The predicted octanol–water partition coefficient (Wildman–Crippen LogP) is 2.32. The molecule has 0 spiro atoms. The Morgan fingerprint density at radius 1 is 1.44 bits per heavy atom. The number of carbonyl (C=O) groups is 1. The Morgan fingerprint density at radius 2 is 2.22 bits per heavy atom. The molecule has 1 amide bonds. The molecule has 3 heteroatoms. The average molecular weight is 247 g/mol. The van der Waals surface area contributed by atoms with Crippen LogP contribution in [0.1, 0.15) is 31.4 Å². The van der Waals surface area contributed by atoms with Crippen LogP contribution in [0.15, 0.2) is 18.2 Å². The van der Waals surface area contributed by atoms with E-state index in [9.17, 15) is 4.79 Å². The summed E-state index contributed by atoms with van der Waals surface area (Å²) in [6.45, 7) is 3.85. The van der Waals surface area contributed by atoms with Gasteiger partial charge in [-0.1, -0.05) is 26.0 Å². The fourth-order valence-corrected chi connectivity index (χ4v) is 2.44. The summed E-state index contributed by atoms with van der Waals surface area (Å²) in [6.07, 6.45) is 2.89. The molecule has 0 heterocycles. The predicted molar refractivity (Wildman–Crippen MR) is 71.8 cm³/mol. The monoisotopic (exact) mass is 247 g/mol. The molecule has 1 atom stereocenters. The molecule has 18 heavy (non-hydrogen) atoms. The van der Waals surface area contributed by atoms with Crippen molar-refractivity contribution >= 4 is 5.91 Å². The van der Waals surface area contributed by atoms with Gasteiger partial charge in [-0.3, -0.25) is 4.79 Å². The molecule has 0 saturated heterocycles. The average Bonchev–Trinajstić information content (AvgIpc) is 2.37. The van der Waals surface area contributed by atoms with E-state index in [4.69, 9.17) is 4.74 Å². The van der Waals surface area contributed by atoms with Gasteiger partial charge in [0.15, 0.2) is 0 Å². The van der Waals surface area contributed by atoms with E-state index in [-0.39, 0.29) is 17.9 Å². The summed E-state index contributed by atoms with van der Waals surface area (Å²) in [6, 6.07) is 6.41. The lowest BCUT2D eigenvalue weighted by atomic mass is 9.87. The second-order valence-corrected chi connectivity index (χ2v) is 5.20. The van der Waals surface area contributed by atoms with Crippen LogP contribution in [-0.4, -0.2) is 19.1 Å². The number of carbonyl (C=O) groups excluding carboxylic acids is 1. The first-order chi connectivity index (χ1) is 8.61. The molecule has 0 aliphatic heterocycles. The molecule has 98 valence electrons. The van der Waals surface area contributed by atoms with Gasteiger partial charge >= 0.3 is 0 Å². The van der Waals surface area contributed by atoms with Gasteiger partial charge in [0, 0.05) is 12.0 Å². The Balaban J connectivity index is 2.11. The number of amides is 1. The van der Waals surface area contributed by atoms with Gasteiger partial charge in [0.1, 0.15) is 5.75 Å². The minimum absolute atomic E-state index is 0.0454. The number of ether oxygens (including phenoxy) is 1. The number of rotatable bonds is 3. The van der Waals surface area contributed by atoms with Crippen LogP contribution < -0.4 is 10.1 Å². The van der Waals surface area contributed by atoms with E-state index in [0.717, 1.165) is 25.0 Å².